The molecule has 4 atom stereocenters. The molecule has 0 aliphatic carbocycles. The van der Waals surface area contributed by atoms with Gasteiger partial charge >= 0.3 is 0 Å². The lowest BCUT2D eigenvalue weighted by Crippen LogP contribution is -2.22. The van der Waals surface area contributed by atoms with E-state index in [4.69, 9.17) is 18.9 Å². The molecule has 2 saturated heterocycles. The summed E-state index contributed by atoms with van der Waals surface area (Å²) in [6, 6.07) is 0. The quantitative estimate of drug-likeness (QED) is 0.584. The Morgan fingerprint density at radius 2 is 1.22 bits per heavy atom. The second kappa shape index (κ2) is 14.0. The molecule has 0 aromatic heterocycles. The van der Waals surface area contributed by atoms with Crippen LogP contribution in [0.25, 0.3) is 0 Å². The molecule has 0 amide bonds. The first-order valence-corrected chi connectivity index (χ1v) is 10.6. The van der Waals surface area contributed by atoms with Crippen LogP contribution >= 0.6 is 0 Å². The Balaban J connectivity index is 1.49. The number of ether oxygens (including phenoxy) is 4. The number of rotatable bonds is 8. The van der Waals surface area contributed by atoms with E-state index >= 15 is 0 Å². The third kappa shape index (κ3) is 10.8. The minimum Gasteiger partial charge on any atom is -0.353 e. The minimum atomic E-state index is -0.0438. The highest BCUT2D eigenvalue weighted by Gasteiger charge is 2.13. The van der Waals surface area contributed by atoms with Crippen LogP contribution in [0, 0.1) is 35.5 Å². The molecule has 2 aliphatic rings. The standard InChI is InChI=1S/C23H36O4/c1-20(11-3-7-15-24-22-13-5-9-17-26-22)19-21(2)12-4-8-16-25-23-14-6-10-18-27-23/h20-23H,5-6,9-19H2,1-2H3/t20-,21+,22?,23?. The molecular weight excluding hydrogens is 340 g/mol. The van der Waals surface area contributed by atoms with Crippen LogP contribution < -0.4 is 0 Å². The molecule has 2 unspecified atom stereocenters. The van der Waals surface area contributed by atoms with E-state index in [2.05, 4.69) is 37.5 Å². The van der Waals surface area contributed by atoms with Crippen molar-refractivity contribution >= 4 is 0 Å². The van der Waals surface area contributed by atoms with Crippen molar-refractivity contribution in [2.24, 2.45) is 11.8 Å². The van der Waals surface area contributed by atoms with Gasteiger partial charge in [0.2, 0.25) is 0 Å². The van der Waals surface area contributed by atoms with Crippen LogP contribution in [0.2, 0.25) is 0 Å². The summed E-state index contributed by atoms with van der Waals surface area (Å²) in [5.74, 6) is 13.9. The third-order valence-corrected chi connectivity index (χ3v) is 4.91. The highest BCUT2D eigenvalue weighted by molar-refractivity contribution is 5.02. The fourth-order valence-electron chi connectivity index (χ4n) is 3.40. The van der Waals surface area contributed by atoms with Gasteiger partial charge in [-0.1, -0.05) is 25.7 Å². The van der Waals surface area contributed by atoms with Gasteiger partial charge in [-0.2, -0.15) is 0 Å². The molecule has 0 aromatic carbocycles. The predicted octanol–water partition coefficient (Wildman–Crippen LogP) is 4.52. The van der Waals surface area contributed by atoms with Gasteiger partial charge in [-0.25, -0.2) is 0 Å². The van der Waals surface area contributed by atoms with Crippen molar-refractivity contribution in [2.45, 2.75) is 84.2 Å². The van der Waals surface area contributed by atoms with Crippen LogP contribution in [-0.2, 0) is 18.9 Å². The number of hydrogen-bond acceptors (Lipinski definition) is 4. The highest BCUT2D eigenvalue weighted by atomic mass is 16.7. The van der Waals surface area contributed by atoms with Crippen LogP contribution in [-0.4, -0.2) is 39.0 Å². The minimum absolute atomic E-state index is 0.0438. The third-order valence-electron chi connectivity index (χ3n) is 4.91. The molecule has 2 fully saturated rings. The molecule has 4 heteroatoms. The summed E-state index contributed by atoms with van der Waals surface area (Å²) in [5, 5.41) is 0. The predicted molar refractivity (Wildman–Crippen MR) is 107 cm³/mol. The van der Waals surface area contributed by atoms with Crippen molar-refractivity contribution < 1.29 is 18.9 Å². The van der Waals surface area contributed by atoms with E-state index in [1.807, 2.05) is 0 Å². The maximum Gasteiger partial charge on any atom is 0.158 e. The summed E-state index contributed by atoms with van der Waals surface area (Å²) in [7, 11) is 0. The monoisotopic (exact) mass is 376 g/mol. The molecule has 0 N–H and O–H groups in total. The average molecular weight is 377 g/mol. The SMILES string of the molecule is C[C@H](CC#CCOC1CCCCO1)C[C@@H](C)CC#CCOC1CCCCO1. The van der Waals surface area contributed by atoms with Gasteiger partial charge in [0, 0.05) is 26.1 Å². The summed E-state index contributed by atoms with van der Waals surface area (Å²) in [6.45, 7) is 7.10. The van der Waals surface area contributed by atoms with E-state index in [1.165, 1.54) is 12.8 Å². The zero-order valence-electron chi connectivity index (χ0n) is 17.1. The smallest absolute Gasteiger partial charge is 0.158 e. The van der Waals surface area contributed by atoms with E-state index < -0.39 is 0 Å². The number of hydrogen-bond donors (Lipinski definition) is 0. The van der Waals surface area contributed by atoms with Crippen molar-refractivity contribution in [1.29, 1.82) is 0 Å². The average Bonchev–Trinajstić information content (AvgIpc) is 2.69. The Morgan fingerprint density at radius 3 is 1.63 bits per heavy atom. The van der Waals surface area contributed by atoms with Crippen molar-refractivity contribution in [3.63, 3.8) is 0 Å². The molecule has 2 rings (SSSR count). The van der Waals surface area contributed by atoms with E-state index in [0.717, 1.165) is 58.2 Å². The summed E-state index contributed by atoms with van der Waals surface area (Å²) in [4.78, 5) is 0. The Kier molecular flexibility index (Phi) is 11.6. The zero-order valence-corrected chi connectivity index (χ0v) is 17.1. The van der Waals surface area contributed by atoms with Crippen molar-refractivity contribution in [3.8, 4) is 23.7 Å². The molecule has 0 saturated carbocycles. The van der Waals surface area contributed by atoms with Gasteiger partial charge in [0.1, 0.15) is 13.2 Å². The molecular formula is C23H36O4. The Morgan fingerprint density at radius 1 is 0.741 bits per heavy atom. The van der Waals surface area contributed by atoms with Crippen LogP contribution in [0.5, 0.6) is 0 Å². The van der Waals surface area contributed by atoms with Gasteiger partial charge in [0.25, 0.3) is 0 Å². The zero-order chi connectivity index (χ0) is 19.2. The summed E-state index contributed by atoms with van der Waals surface area (Å²) >= 11 is 0. The molecule has 0 spiro atoms. The van der Waals surface area contributed by atoms with E-state index in [-0.39, 0.29) is 12.6 Å². The first-order chi connectivity index (χ1) is 13.2. The van der Waals surface area contributed by atoms with Crippen molar-refractivity contribution in [2.75, 3.05) is 26.4 Å². The topological polar surface area (TPSA) is 36.9 Å². The molecule has 0 radical (unpaired) electrons. The molecule has 0 aromatic rings. The molecule has 4 nitrogen and oxygen atoms in total. The lowest BCUT2D eigenvalue weighted by atomic mass is 9.93. The van der Waals surface area contributed by atoms with Gasteiger partial charge in [-0.15, -0.1) is 11.8 Å². The second-order valence-corrected chi connectivity index (χ2v) is 7.78. The molecule has 152 valence electrons. The van der Waals surface area contributed by atoms with Crippen LogP contribution in [0.15, 0.2) is 0 Å². The maximum atomic E-state index is 5.63. The summed E-state index contributed by atoms with van der Waals surface area (Å²) < 4.78 is 22.3. The van der Waals surface area contributed by atoms with Crippen LogP contribution in [0.1, 0.15) is 71.6 Å². The summed E-state index contributed by atoms with van der Waals surface area (Å²) in [6.07, 6.45) is 9.54. The maximum absolute atomic E-state index is 5.63. The van der Waals surface area contributed by atoms with Gasteiger partial charge in [0.05, 0.1) is 0 Å². The van der Waals surface area contributed by atoms with Crippen molar-refractivity contribution in [1.82, 2.24) is 0 Å². The van der Waals surface area contributed by atoms with Gasteiger partial charge < -0.3 is 18.9 Å². The lowest BCUT2D eigenvalue weighted by Gasteiger charge is -2.21. The Hall–Kier alpha value is -1.04. The van der Waals surface area contributed by atoms with Gasteiger partial charge in [-0.3, -0.25) is 0 Å². The first-order valence-electron chi connectivity index (χ1n) is 10.6. The lowest BCUT2D eigenvalue weighted by molar-refractivity contribution is -0.154. The van der Waals surface area contributed by atoms with Gasteiger partial charge in [-0.05, 0) is 56.8 Å². The van der Waals surface area contributed by atoms with Crippen LogP contribution in [0.3, 0.4) is 0 Å². The molecule has 0 bridgehead atoms. The fraction of sp³-hybridized carbons (Fsp3) is 0.826. The Bertz CT molecular complexity index is 452. The summed E-state index contributed by atoms with van der Waals surface area (Å²) in [5.41, 5.74) is 0. The molecule has 2 heterocycles. The van der Waals surface area contributed by atoms with E-state index in [9.17, 15) is 0 Å². The highest BCUT2D eigenvalue weighted by Crippen LogP contribution is 2.17. The van der Waals surface area contributed by atoms with E-state index in [0.29, 0.717) is 25.0 Å². The first kappa shape index (κ1) is 22.3. The normalized spacial score (nSPS) is 24.8. The van der Waals surface area contributed by atoms with Gasteiger partial charge in [0.15, 0.2) is 12.6 Å². The second-order valence-electron chi connectivity index (χ2n) is 7.78. The molecule has 27 heavy (non-hydrogen) atoms. The largest absolute Gasteiger partial charge is 0.353 e. The molecule has 2 aliphatic heterocycles. The van der Waals surface area contributed by atoms with Crippen LogP contribution in [0.4, 0.5) is 0 Å². The fourth-order valence-corrected chi connectivity index (χ4v) is 3.40. The Labute approximate surface area is 165 Å². The van der Waals surface area contributed by atoms with E-state index in [1.54, 1.807) is 0 Å². The van der Waals surface area contributed by atoms with Crippen molar-refractivity contribution in [3.05, 3.63) is 0 Å².